The van der Waals surface area contributed by atoms with Crippen LogP contribution >= 0.6 is 0 Å². The molecule has 0 aliphatic carbocycles. The highest BCUT2D eigenvalue weighted by atomic mass is 32.2. The van der Waals surface area contributed by atoms with Gasteiger partial charge in [-0.1, -0.05) is 0 Å². The third-order valence-electron chi connectivity index (χ3n) is 3.31. The van der Waals surface area contributed by atoms with E-state index in [-0.39, 0.29) is 23.0 Å². The van der Waals surface area contributed by atoms with E-state index in [0.29, 0.717) is 13.1 Å². The molecule has 0 radical (unpaired) electrons. The zero-order chi connectivity index (χ0) is 17.6. The van der Waals surface area contributed by atoms with Gasteiger partial charge in [0.15, 0.2) is 6.61 Å². The van der Waals surface area contributed by atoms with Crippen LogP contribution < -0.4 is 0 Å². The Balaban J connectivity index is 2.74. The molecule has 0 bridgehead atoms. The number of hydrogen-bond acceptors (Lipinski definition) is 5. The number of benzene rings is 1. The van der Waals surface area contributed by atoms with Crippen LogP contribution in [-0.4, -0.2) is 63.3 Å². The van der Waals surface area contributed by atoms with E-state index in [9.17, 15) is 18.0 Å². The molecule has 0 spiro atoms. The number of rotatable bonds is 7. The standard InChI is InChI=1S/C15H22N2O5S/c1-5-17(6-2)14(18)11-22-15(19)12-7-9-13(10-8-12)23(20,21)16(3)4/h7-10H,5-6,11H2,1-4H3. The predicted molar refractivity (Wildman–Crippen MR) is 85.5 cm³/mol. The maximum Gasteiger partial charge on any atom is 0.338 e. The Morgan fingerprint density at radius 3 is 2.00 bits per heavy atom. The van der Waals surface area contributed by atoms with Crippen molar-refractivity contribution >= 4 is 21.9 Å². The van der Waals surface area contributed by atoms with Gasteiger partial charge in [-0.05, 0) is 38.1 Å². The number of ether oxygens (including phenoxy) is 1. The van der Waals surface area contributed by atoms with E-state index in [1.54, 1.807) is 4.90 Å². The first-order valence-electron chi connectivity index (χ1n) is 7.21. The SMILES string of the molecule is CCN(CC)C(=O)COC(=O)c1ccc(S(=O)(=O)N(C)C)cc1. The van der Waals surface area contributed by atoms with E-state index in [1.165, 1.54) is 38.4 Å². The summed E-state index contributed by atoms with van der Waals surface area (Å²) in [4.78, 5) is 25.3. The van der Waals surface area contributed by atoms with E-state index in [2.05, 4.69) is 0 Å². The lowest BCUT2D eigenvalue weighted by atomic mass is 10.2. The average molecular weight is 342 g/mol. The van der Waals surface area contributed by atoms with Gasteiger partial charge in [0.1, 0.15) is 0 Å². The molecule has 0 N–H and O–H groups in total. The highest BCUT2D eigenvalue weighted by Gasteiger charge is 2.18. The molecule has 0 saturated carbocycles. The number of nitrogens with zero attached hydrogens (tertiary/aromatic N) is 2. The summed E-state index contributed by atoms with van der Waals surface area (Å²) >= 11 is 0. The Bertz CT molecular complexity index is 649. The van der Waals surface area contributed by atoms with Crippen molar-refractivity contribution in [2.24, 2.45) is 0 Å². The molecule has 0 unspecified atom stereocenters. The summed E-state index contributed by atoms with van der Waals surface area (Å²) < 4.78 is 29.9. The number of sulfonamides is 1. The van der Waals surface area contributed by atoms with Crippen LogP contribution in [0.15, 0.2) is 29.2 Å². The fraction of sp³-hybridized carbons (Fsp3) is 0.467. The maximum absolute atomic E-state index is 11.9. The third kappa shape index (κ3) is 4.77. The molecule has 7 nitrogen and oxygen atoms in total. The summed E-state index contributed by atoms with van der Waals surface area (Å²) in [6.45, 7) is 4.44. The molecule has 0 aromatic heterocycles. The van der Waals surface area contributed by atoms with Gasteiger partial charge in [0.05, 0.1) is 10.5 Å². The van der Waals surface area contributed by atoms with Gasteiger partial charge < -0.3 is 9.64 Å². The molecule has 1 aromatic rings. The van der Waals surface area contributed by atoms with Gasteiger partial charge in [-0.2, -0.15) is 0 Å². The molecule has 1 rings (SSSR count). The largest absolute Gasteiger partial charge is 0.452 e. The Kier molecular flexibility index (Phi) is 6.71. The Labute approximate surface area is 136 Å². The lowest BCUT2D eigenvalue weighted by Gasteiger charge is -2.18. The van der Waals surface area contributed by atoms with Crippen molar-refractivity contribution in [2.45, 2.75) is 18.7 Å². The number of carbonyl (C=O) groups excluding carboxylic acids is 2. The van der Waals surface area contributed by atoms with Gasteiger partial charge >= 0.3 is 5.97 Å². The maximum atomic E-state index is 11.9. The van der Waals surface area contributed by atoms with Gasteiger partial charge in [-0.15, -0.1) is 0 Å². The van der Waals surface area contributed by atoms with E-state index >= 15 is 0 Å². The zero-order valence-electron chi connectivity index (χ0n) is 13.8. The lowest BCUT2D eigenvalue weighted by Crippen LogP contribution is -2.34. The molecule has 0 saturated heterocycles. The van der Waals surface area contributed by atoms with Gasteiger partial charge in [0, 0.05) is 27.2 Å². The summed E-state index contributed by atoms with van der Waals surface area (Å²) in [7, 11) is -0.689. The van der Waals surface area contributed by atoms with E-state index in [0.717, 1.165) is 4.31 Å². The number of hydrogen-bond donors (Lipinski definition) is 0. The minimum Gasteiger partial charge on any atom is -0.452 e. The summed E-state index contributed by atoms with van der Waals surface area (Å²) in [5.74, 6) is -0.936. The van der Waals surface area contributed by atoms with Crippen molar-refractivity contribution in [3.63, 3.8) is 0 Å². The Morgan fingerprint density at radius 1 is 1.04 bits per heavy atom. The lowest BCUT2D eigenvalue weighted by molar-refractivity contribution is -0.134. The van der Waals surface area contributed by atoms with Gasteiger partial charge in [-0.25, -0.2) is 17.5 Å². The molecule has 0 aliphatic heterocycles. The minimum absolute atomic E-state index is 0.0817. The van der Waals surface area contributed by atoms with Gasteiger partial charge in [0.2, 0.25) is 10.0 Å². The molecule has 1 aromatic carbocycles. The first-order chi connectivity index (χ1) is 10.7. The topological polar surface area (TPSA) is 84.0 Å². The smallest absolute Gasteiger partial charge is 0.338 e. The molecule has 0 fully saturated rings. The summed E-state index contributed by atoms with van der Waals surface area (Å²) in [6, 6.07) is 5.39. The Hall–Kier alpha value is -1.93. The van der Waals surface area contributed by atoms with Crippen LogP contribution in [0.5, 0.6) is 0 Å². The van der Waals surface area contributed by atoms with Crippen LogP contribution in [0.3, 0.4) is 0 Å². The third-order valence-corrected chi connectivity index (χ3v) is 5.14. The van der Waals surface area contributed by atoms with Crippen LogP contribution in [0.25, 0.3) is 0 Å². The average Bonchev–Trinajstić information content (AvgIpc) is 2.53. The molecular weight excluding hydrogens is 320 g/mol. The number of esters is 1. The van der Waals surface area contributed by atoms with Crippen molar-refractivity contribution in [3.05, 3.63) is 29.8 Å². The minimum atomic E-state index is -3.54. The molecule has 1 amide bonds. The van der Waals surface area contributed by atoms with Gasteiger partial charge in [-0.3, -0.25) is 4.79 Å². The molecule has 23 heavy (non-hydrogen) atoms. The summed E-state index contributed by atoms with van der Waals surface area (Å²) in [6.07, 6.45) is 0. The molecule has 0 heterocycles. The quantitative estimate of drug-likeness (QED) is 0.689. The first-order valence-corrected chi connectivity index (χ1v) is 8.65. The van der Waals surface area contributed by atoms with Crippen molar-refractivity contribution in [2.75, 3.05) is 33.8 Å². The molecule has 8 heteroatoms. The highest BCUT2D eigenvalue weighted by molar-refractivity contribution is 7.89. The fourth-order valence-electron chi connectivity index (χ4n) is 1.85. The zero-order valence-corrected chi connectivity index (χ0v) is 14.6. The van der Waals surface area contributed by atoms with Crippen molar-refractivity contribution in [3.8, 4) is 0 Å². The van der Waals surface area contributed by atoms with E-state index in [1.807, 2.05) is 13.8 Å². The summed E-state index contributed by atoms with van der Waals surface area (Å²) in [5, 5.41) is 0. The van der Waals surface area contributed by atoms with Gasteiger partial charge in [0.25, 0.3) is 5.91 Å². The normalized spacial score (nSPS) is 11.3. The van der Waals surface area contributed by atoms with Crippen LogP contribution in [0.4, 0.5) is 0 Å². The molecule has 0 atom stereocenters. The molecular formula is C15H22N2O5S. The van der Waals surface area contributed by atoms with E-state index in [4.69, 9.17) is 4.74 Å². The number of amides is 1. The molecule has 128 valence electrons. The van der Waals surface area contributed by atoms with Crippen LogP contribution in [0, 0.1) is 0 Å². The Morgan fingerprint density at radius 2 is 1.57 bits per heavy atom. The van der Waals surface area contributed by atoms with Crippen molar-refractivity contribution in [1.82, 2.24) is 9.21 Å². The van der Waals surface area contributed by atoms with E-state index < -0.39 is 16.0 Å². The van der Waals surface area contributed by atoms with Crippen LogP contribution in [0.2, 0.25) is 0 Å². The first kappa shape index (κ1) is 19.1. The highest BCUT2D eigenvalue weighted by Crippen LogP contribution is 2.14. The van der Waals surface area contributed by atoms with Crippen LogP contribution in [0.1, 0.15) is 24.2 Å². The summed E-state index contributed by atoms with van der Waals surface area (Å²) in [5.41, 5.74) is 0.190. The van der Waals surface area contributed by atoms with Crippen molar-refractivity contribution < 1.29 is 22.7 Å². The number of carbonyl (C=O) groups is 2. The predicted octanol–water partition coefficient (Wildman–Crippen LogP) is 0.962. The number of likely N-dealkylation sites (N-methyl/N-ethyl adjacent to an activating group) is 1. The van der Waals surface area contributed by atoms with Crippen molar-refractivity contribution in [1.29, 1.82) is 0 Å². The molecule has 0 aliphatic rings. The fourth-order valence-corrected chi connectivity index (χ4v) is 2.75. The second-order valence-corrected chi connectivity index (χ2v) is 7.11. The monoisotopic (exact) mass is 342 g/mol. The van der Waals surface area contributed by atoms with Crippen LogP contribution in [-0.2, 0) is 19.6 Å². The second-order valence-electron chi connectivity index (χ2n) is 4.95. The second kappa shape index (κ2) is 8.07.